The quantitative estimate of drug-likeness (QED) is 0.463. The van der Waals surface area contributed by atoms with Crippen molar-refractivity contribution in [3.63, 3.8) is 0 Å². The fraction of sp³-hybridized carbons (Fsp3) is 0.0556. The van der Waals surface area contributed by atoms with Gasteiger partial charge >= 0.3 is 5.97 Å². The van der Waals surface area contributed by atoms with Crippen LogP contribution in [0.15, 0.2) is 78.9 Å². The maximum atomic E-state index is 11.5. The first-order chi connectivity index (χ1) is 9.84. The summed E-state index contributed by atoms with van der Waals surface area (Å²) in [7, 11) is 0. The van der Waals surface area contributed by atoms with Crippen molar-refractivity contribution >= 4 is 12.0 Å². The van der Waals surface area contributed by atoms with E-state index in [1.807, 2.05) is 72.8 Å². The first-order valence-corrected chi connectivity index (χ1v) is 6.45. The first kappa shape index (κ1) is 13.8. The van der Waals surface area contributed by atoms with Gasteiger partial charge in [0, 0.05) is 6.08 Å². The molecule has 0 atom stereocenters. The first-order valence-electron chi connectivity index (χ1n) is 6.45. The molecular weight excluding hydrogens is 248 g/mol. The van der Waals surface area contributed by atoms with Crippen LogP contribution in [0.25, 0.3) is 6.08 Å². The molecule has 0 saturated carbocycles. The Morgan fingerprint density at radius 1 is 0.900 bits per heavy atom. The zero-order valence-corrected chi connectivity index (χ0v) is 11.1. The largest absolute Gasteiger partial charge is 0.458 e. The molecule has 100 valence electrons. The van der Waals surface area contributed by atoms with Crippen LogP contribution in [0.5, 0.6) is 0 Å². The number of hydrogen-bond acceptors (Lipinski definition) is 2. The van der Waals surface area contributed by atoms with Crippen molar-refractivity contribution in [2.75, 3.05) is 0 Å². The van der Waals surface area contributed by atoms with Crippen LogP contribution in [0.2, 0.25) is 0 Å². The van der Waals surface area contributed by atoms with Crippen LogP contribution in [0.1, 0.15) is 11.1 Å². The van der Waals surface area contributed by atoms with Gasteiger partial charge in [-0.05, 0) is 11.1 Å². The molecule has 0 spiro atoms. The minimum atomic E-state index is -0.341. The van der Waals surface area contributed by atoms with E-state index in [9.17, 15) is 4.79 Å². The number of benzene rings is 2. The number of hydrogen-bond donors (Lipinski definition) is 0. The zero-order valence-electron chi connectivity index (χ0n) is 11.1. The maximum absolute atomic E-state index is 11.5. The summed E-state index contributed by atoms with van der Waals surface area (Å²) in [4.78, 5) is 11.5. The lowest BCUT2D eigenvalue weighted by atomic mass is 10.2. The molecule has 2 rings (SSSR count). The van der Waals surface area contributed by atoms with Crippen molar-refractivity contribution in [3.05, 3.63) is 90.0 Å². The Balaban J connectivity index is 1.77. The number of rotatable bonds is 5. The zero-order chi connectivity index (χ0) is 14.0. The minimum absolute atomic E-state index is 0.298. The number of ether oxygens (including phenoxy) is 1. The van der Waals surface area contributed by atoms with Crippen LogP contribution in [0.3, 0.4) is 0 Å². The Bertz CT molecular complexity index is 583. The molecule has 2 aromatic rings. The van der Waals surface area contributed by atoms with E-state index in [2.05, 4.69) is 0 Å². The molecule has 0 aromatic heterocycles. The SMILES string of the molecule is O=C(/C=C/C=C/c1ccccc1)OCc1ccccc1. The van der Waals surface area contributed by atoms with Crippen molar-refractivity contribution in [3.8, 4) is 0 Å². The molecule has 2 nitrogen and oxygen atoms in total. The highest BCUT2D eigenvalue weighted by molar-refractivity contribution is 5.82. The fourth-order valence-electron chi connectivity index (χ4n) is 1.64. The summed E-state index contributed by atoms with van der Waals surface area (Å²) >= 11 is 0. The van der Waals surface area contributed by atoms with Gasteiger partial charge in [-0.2, -0.15) is 0 Å². The Morgan fingerprint density at radius 3 is 2.25 bits per heavy atom. The molecule has 0 aliphatic rings. The lowest BCUT2D eigenvalue weighted by Crippen LogP contribution is -2.00. The molecule has 20 heavy (non-hydrogen) atoms. The Hall–Kier alpha value is -2.61. The monoisotopic (exact) mass is 264 g/mol. The summed E-state index contributed by atoms with van der Waals surface area (Å²) in [5.74, 6) is -0.341. The number of allylic oxidation sites excluding steroid dienone is 2. The second-order valence-corrected chi connectivity index (χ2v) is 4.22. The van der Waals surface area contributed by atoms with Crippen molar-refractivity contribution in [2.24, 2.45) is 0 Å². The van der Waals surface area contributed by atoms with Crippen LogP contribution >= 0.6 is 0 Å². The molecule has 0 aliphatic heterocycles. The third kappa shape index (κ3) is 4.94. The van der Waals surface area contributed by atoms with Crippen molar-refractivity contribution in [1.29, 1.82) is 0 Å². The van der Waals surface area contributed by atoms with E-state index in [1.165, 1.54) is 6.08 Å². The van der Waals surface area contributed by atoms with Gasteiger partial charge < -0.3 is 4.74 Å². The molecule has 0 bridgehead atoms. The van der Waals surface area contributed by atoms with Crippen LogP contribution in [0.4, 0.5) is 0 Å². The van der Waals surface area contributed by atoms with Gasteiger partial charge in [-0.3, -0.25) is 0 Å². The molecular formula is C18H16O2. The van der Waals surface area contributed by atoms with Crippen LogP contribution in [-0.4, -0.2) is 5.97 Å². The molecule has 0 amide bonds. The van der Waals surface area contributed by atoms with Crippen molar-refractivity contribution < 1.29 is 9.53 Å². The van der Waals surface area contributed by atoms with Gasteiger partial charge in [-0.25, -0.2) is 4.79 Å². The van der Waals surface area contributed by atoms with Gasteiger partial charge in [0.15, 0.2) is 0 Å². The number of carbonyl (C=O) groups is 1. The maximum Gasteiger partial charge on any atom is 0.331 e. The van der Waals surface area contributed by atoms with Crippen molar-refractivity contribution in [1.82, 2.24) is 0 Å². The Morgan fingerprint density at radius 2 is 1.55 bits per heavy atom. The predicted molar refractivity (Wildman–Crippen MR) is 80.9 cm³/mol. The Labute approximate surface area is 119 Å². The van der Waals surface area contributed by atoms with Gasteiger partial charge in [-0.15, -0.1) is 0 Å². The molecule has 0 fully saturated rings. The van der Waals surface area contributed by atoms with E-state index in [4.69, 9.17) is 4.74 Å². The van der Waals surface area contributed by atoms with Gasteiger partial charge in [-0.1, -0.05) is 78.9 Å². The second kappa shape index (κ2) is 7.74. The molecule has 2 aromatic carbocycles. The van der Waals surface area contributed by atoms with Crippen molar-refractivity contribution in [2.45, 2.75) is 6.61 Å². The normalized spacial score (nSPS) is 11.0. The highest BCUT2D eigenvalue weighted by atomic mass is 16.5. The molecule has 0 radical (unpaired) electrons. The molecule has 0 N–H and O–H groups in total. The van der Waals surface area contributed by atoms with E-state index in [0.717, 1.165) is 11.1 Å². The third-order valence-electron chi connectivity index (χ3n) is 2.66. The van der Waals surface area contributed by atoms with Crippen LogP contribution in [-0.2, 0) is 16.1 Å². The minimum Gasteiger partial charge on any atom is -0.458 e. The van der Waals surface area contributed by atoms with E-state index >= 15 is 0 Å². The highest BCUT2D eigenvalue weighted by Gasteiger charge is 1.96. The number of esters is 1. The summed E-state index contributed by atoms with van der Waals surface area (Å²) in [5, 5.41) is 0. The smallest absolute Gasteiger partial charge is 0.331 e. The molecule has 2 heteroatoms. The molecule has 0 saturated heterocycles. The lowest BCUT2D eigenvalue weighted by molar-refractivity contribution is -0.139. The van der Waals surface area contributed by atoms with Gasteiger partial charge in [0.1, 0.15) is 6.61 Å². The highest BCUT2D eigenvalue weighted by Crippen LogP contribution is 2.02. The standard InChI is InChI=1S/C18H16O2/c19-18(20-15-17-12-5-2-6-13-17)14-8-7-11-16-9-3-1-4-10-16/h1-14H,15H2/b11-7+,14-8+. The molecule has 0 aliphatic carbocycles. The van der Waals surface area contributed by atoms with E-state index in [1.54, 1.807) is 6.08 Å². The fourth-order valence-corrected chi connectivity index (χ4v) is 1.64. The summed E-state index contributed by atoms with van der Waals surface area (Å²) < 4.78 is 5.12. The Kier molecular flexibility index (Phi) is 5.35. The lowest BCUT2D eigenvalue weighted by Gasteiger charge is -2.00. The molecule has 0 unspecified atom stereocenters. The van der Waals surface area contributed by atoms with E-state index in [0.29, 0.717) is 6.61 Å². The topological polar surface area (TPSA) is 26.3 Å². The number of carbonyl (C=O) groups excluding carboxylic acids is 1. The summed E-state index contributed by atoms with van der Waals surface area (Å²) in [6.07, 6.45) is 6.85. The average molecular weight is 264 g/mol. The van der Waals surface area contributed by atoms with E-state index < -0.39 is 0 Å². The van der Waals surface area contributed by atoms with Crippen LogP contribution < -0.4 is 0 Å². The van der Waals surface area contributed by atoms with Gasteiger partial charge in [0.05, 0.1) is 0 Å². The summed E-state index contributed by atoms with van der Waals surface area (Å²) in [6, 6.07) is 19.5. The average Bonchev–Trinajstić information content (AvgIpc) is 2.52. The summed E-state index contributed by atoms with van der Waals surface area (Å²) in [5.41, 5.74) is 2.07. The predicted octanol–water partition coefficient (Wildman–Crippen LogP) is 4.00. The van der Waals surface area contributed by atoms with E-state index in [-0.39, 0.29) is 5.97 Å². The third-order valence-corrected chi connectivity index (χ3v) is 2.66. The second-order valence-electron chi connectivity index (χ2n) is 4.22. The molecule has 0 heterocycles. The van der Waals surface area contributed by atoms with Crippen LogP contribution in [0, 0.1) is 0 Å². The summed E-state index contributed by atoms with van der Waals surface area (Å²) in [6.45, 7) is 0.298. The van der Waals surface area contributed by atoms with Gasteiger partial charge in [0.2, 0.25) is 0 Å². The van der Waals surface area contributed by atoms with Gasteiger partial charge in [0.25, 0.3) is 0 Å².